The van der Waals surface area contributed by atoms with Gasteiger partial charge in [0, 0.05) is 5.69 Å². The van der Waals surface area contributed by atoms with E-state index in [9.17, 15) is 0 Å². The van der Waals surface area contributed by atoms with E-state index in [0.717, 1.165) is 11.6 Å². The highest BCUT2D eigenvalue weighted by Crippen LogP contribution is 2.45. The first-order valence-electron chi connectivity index (χ1n) is 6.17. The molecule has 15 heavy (non-hydrogen) atoms. The Balaban J connectivity index is 2.01. The largest absolute Gasteiger partial charge is 0.398 e. The van der Waals surface area contributed by atoms with Crippen LogP contribution >= 0.6 is 0 Å². The number of benzene rings is 1. The molecule has 0 spiro atoms. The van der Waals surface area contributed by atoms with Gasteiger partial charge in [0.15, 0.2) is 0 Å². The number of aryl methyl sites for hydroxylation is 1. The zero-order valence-electron chi connectivity index (χ0n) is 9.42. The predicted octanol–water partition coefficient (Wildman–Crippen LogP) is 3.27. The molecule has 1 atom stereocenters. The van der Waals surface area contributed by atoms with Crippen molar-refractivity contribution in [2.75, 3.05) is 5.73 Å². The van der Waals surface area contributed by atoms with Crippen LogP contribution in [0.25, 0.3) is 0 Å². The van der Waals surface area contributed by atoms with Crippen molar-refractivity contribution in [3.05, 3.63) is 28.8 Å². The molecule has 0 bridgehead atoms. The van der Waals surface area contributed by atoms with E-state index in [2.05, 4.69) is 19.1 Å². The lowest BCUT2D eigenvalue weighted by atomic mass is 9.91. The molecule has 80 valence electrons. The number of nitrogens with two attached hydrogens (primary N) is 1. The molecule has 2 aliphatic carbocycles. The second-order valence-electron chi connectivity index (χ2n) is 5.19. The van der Waals surface area contributed by atoms with Crippen LogP contribution in [-0.4, -0.2) is 0 Å². The van der Waals surface area contributed by atoms with Crippen LogP contribution in [0, 0.1) is 5.92 Å². The molecule has 0 aliphatic heterocycles. The summed E-state index contributed by atoms with van der Waals surface area (Å²) in [4.78, 5) is 0. The molecule has 1 saturated carbocycles. The van der Waals surface area contributed by atoms with E-state index >= 15 is 0 Å². The average Bonchev–Trinajstić information content (AvgIpc) is 2.97. The molecule has 0 radical (unpaired) electrons. The molecule has 0 amide bonds. The molecule has 2 aliphatic rings. The fourth-order valence-corrected chi connectivity index (χ4v) is 2.96. The van der Waals surface area contributed by atoms with Gasteiger partial charge in [0.05, 0.1) is 0 Å². The third kappa shape index (κ3) is 1.45. The van der Waals surface area contributed by atoms with Gasteiger partial charge < -0.3 is 5.73 Å². The van der Waals surface area contributed by atoms with Gasteiger partial charge in [-0.3, -0.25) is 0 Å². The van der Waals surface area contributed by atoms with Crippen LogP contribution < -0.4 is 5.73 Å². The van der Waals surface area contributed by atoms with Crippen LogP contribution in [0.3, 0.4) is 0 Å². The van der Waals surface area contributed by atoms with Crippen LogP contribution in [-0.2, 0) is 12.8 Å². The van der Waals surface area contributed by atoms with Crippen molar-refractivity contribution in [1.29, 1.82) is 0 Å². The van der Waals surface area contributed by atoms with E-state index in [1.165, 1.54) is 48.8 Å². The first kappa shape index (κ1) is 9.26. The number of fused-ring (bicyclic) bond motifs is 1. The van der Waals surface area contributed by atoms with Crippen LogP contribution in [0.5, 0.6) is 0 Å². The monoisotopic (exact) mass is 201 g/mol. The first-order valence-corrected chi connectivity index (χ1v) is 6.17. The van der Waals surface area contributed by atoms with Gasteiger partial charge in [-0.05, 0) is 60.6 Å². The Morgan fingerprint density at radius 3 is 2.80 bits per heavy atom. The molecule has 0 heterocycles. The maximum absolute atomic E-state index is 6.30. The van der Waals surface area contributed by atoms with Crippen molar-refractivity contribution in [2.45, 2.75) is 44.9 Å². The van der Waals surface area contributed by atoms with Crippen molar-refractivity contribution in [1.82, 2.24) is 0 Å². The summed E-state index contributed by atoms with van der Waals surface area (Å²) in [6.07, 6.45) is 6.53. The summed E-state index contributed by atoms with van der Waals surface area (Å²) in [6, 6.07) is 4.59. The number of rotatable bonds is 2. The highest BCUT2D eigenvalue weighted by molar-refractivity contribution is 5.60. The van der Waals surface area contributed by atoms with E-state index in [1.807, 2.05) is 0 Å². The summed E-state index contributed by atoms with van der Waals surface area (Å²) in [5.74, 6) is 1.59. The summed E-state index contributed by atoms with van der Waals surface area (Å²) in [6.45, 7) is 2.34. The highest BCUT2D eigenvalue weighted by Gasteiger charge is 2.31. The molecular formula is C14H19N. The Kier molecular flexibility index (Phi) is 2.01. The molecule has 1 heteroatoms. The lowest BCUT2D eigenvalue weighted by Crippen LogP contribution is -2.04. The fraction of sp³-hybridized carbons (Fsp3) is 0.571. The summed E-state index contributed by atoms with van der Waals surface area (Å²) >= 11 is 0. The van der Waals surface area contributed by atoms with Gasteiger partial charge in [-0.25, -0.2) is 0 Å². The van der Waals surface area contributed by atoms with E-state index in [0.29, 0.717) is 5.92 Å². The smallest absolute Gasteiger partial charge is 0.0384 e. The Morgan fingerprint density at radius 1 is 1.27 bits per heavy atom. The molecule has 1 aromatic rings. The molecular weight excluding hydrogens is 182 g/mol. The topological polar surface area (TPSA) is 26.0 Å². The molecule has 0 saturated heterocycles. The van der Waals surface area contributed by atoms with Crippen molar-refractivity contribution in [3.8, 4) is 0 Å². The summed E-state index contributed by atoms with van der Waals surface area (Å²) in [5.41, 5.74) is 11.8. The molecule has 1 nitrogen and oxygen atoms in total. The van der Waals surface area contributed by atoms with E-state index in [4.69, 9.17) is 5.73 Å². The fourth-order valence-electron chi connectivity index (χ4n) is 2.96. The van der Waals surface area contributed by atoms with Crippen molar-refractivity contribution >= 4 is 5.69 Å². The van der Waals surface area contributed by atoms with E-state index in [1.54, 1.807) is 0 Å². The predicted molar refractivity (Wildman–Crippen MR) is 64.0 cm³/mol. The second-order valence-corrected chi connectivity index (χ2v) is 5.19. The normalized spacial score (nSPS) is 21.4. The van der Waals surface area contributed by atoms with Gasteiger partial charge in [-0.1, -0.05) is 19.1 Å². The minimum absolute atomic E-state index is 0.677. The number of anilines is 1. The van der Waals surface area contributed by atoms with Crippen molar-refractivity contribution < 1.29 is 0 Å². The zero-order valence-corrected chi connectivity index (χ0v) is 9.42. The number of hydrogen-bond donors (Lipinski definition) is 1. The van der Waals surface area contributed by atoms with Gasteiger partial charge in [-0.2, -0.15) is 0 Å². The number of nitrogen functional groups attached to an aromatic ring is 1. The van der Waals surface area contributed by atoms with Gasteiger partial charge in [0.1, 0.15) is 0 Å². The van der Waals surface area contributed by atoms with E-state index < -0.39 is 0 Å². The van der Waals surface area contributed by atoms with Gasteiger partial charge in [0.25, 0.3) is 0 Å². The Bertz CT molecular complexity index is 391. The molecule has 0 unspecified atom stereocenters. The summed E-state index contributed by atoms with van der Waals surface area (Å²) in [7, 11) is 0. The lowest BCUT2D eigenvalue weighted by molar-refractivity contribution is 0.665. The van der Waals surface area contributed by atoms with Crippen LogP contribution in [0.1, 0.15) is 48.8 Å². The molecule has 3 rings (SSSR count). The summed E-state index contributed by atoms with van der Waals surface area (Å²) < 4.78 is 0. The standard InChI is InChI=1S/C14H19N/c1-9(10-5-6-10)12-8-7-11-3-2-4-13(11)14(12)15/h7-10H,2-6,15H2,1H3/t9-/m0/s1. The van der Waals surface area contributed by atoms with Crippen molar-refractivity contribution in [2.24, 2.45) is 5.92 Å². The molecule has 1 fully saturated rings. The highest BCUT2D eigenvalue weighted by atomic mass is 14.6. The maximum Gasteiger partial charge on any atom is 0.0384 e. The Hall–Kier alpha value is -0.980. The minimum atomic E-state index is 0.677. The number of hydrogen-bond acceptors (Lipinski definition) is 1. The zero-order chi connectivity index (χ0) is 10.4. The molecule has 0 aromatic heterocycles. The average molecular weight is 201 g/mol. The van der Waals surface area contributed by atoms with Gasteiger partial charge in [0.2, 0.25) is 0 Å². The van der Waals surface area contributed by atoms with Crippen LogP contribution in [0.15, 0.2) is 12.1 Å². The van der Waals surface area contributed by atoms with E-state index in [-0.39, 0.29) is 0 Å². The summed E-state index contributed by atoms with van der Waals surface area (Å²) in [5, 5.41) is 0. The second kappa shape index (κ2) is 3.26. The maximum atomic E-state index is 6.30. The Labute approximate surface area is 91.7 Å². The lowest BCUT2D eigenvalue weighted by Gasteiger charge is -2.16. The van der Waals surface area contributed by atoms with Gasteiger partial charge in [-0.15, -0.1) is 0 Å². The molecule has 1 aromatic carbocycles. The van der Waals surface area contributed by atoms with Gasteiger partial charge >= 0.3 is 0 Å². The minimum Gasteiger partial charge on any atom is -0.398 e. The quantitative estimate of drug-likeness (QED) is 0.730. The first-order chi connectivity index (χ1) is 7.27. The third-order valence-electron chi connectivity index (χ3n) is 4.18. The Morgan fingerprint density at radius 2 is 2.07 bits per heavy atom. The van der Waals surface area contributed by atoms with Crippen LogP contribution in [0.4, 0.5) is 5.69 Å². The SMILES string of the molecule is C[C@H](c1ccc2c(c1N)CCC2)C1CC1. The third-order valence-corrected chi connectivity index (χ3v) is 4.18. The van der Waals surface area contributed by atoms with Crippen molar-refractivity contribution in [3.63, 3.8) is 0 Å². The molecule has 2 N–H and O–H groups in total. The van der Waals surface area contributed by atoms with Crippen LogP contribution in [0.2, 0.25) is 0 Å².